The second-order valence-electron chi connectivity index (χ2n) is 7.61. The Balaban J connectivity index is 1.58. The van der Waals surface area contributed by atoms with E-state index in [1.165, 1.54) is 11.8 Å². The zero-order chi connectivity index (χ0) is 23.4. The molecule has 0 bridgehead atoms. The second kappa shape index (κ2) is 10.2. The molecule has 1 unspecified atom stereocenters. The number of imidazole rings is 1. The van der Waals surface area contributed by atoms with Gasteiger partial charge in [-0.1, -0.05) is 60.6 Å². The average Bonchev–Trinajstić information content (AvgIpc) is 3.24. The minimum absolute atomic E-state index is 0.107. The molecule has 1 atom stereocenters. The van der Waals surface area contributed by atoms with Crippen LogP contribution in [0.15, 0.2) is 70.9 Å². The Hall–Kier alpha value is -3.10. The third kappa shape index (κ3) is 5.12. The summed E-state index contributed by atoms with van der Waals surface area (Å²) in [5.74, 6) is 0.664. The molecule has 2 heterocycles. The minimum Gasteiger partial charge on any atom is -0.341 e. The predicted molar refractivity (Wildman–Crippen MR) is 132 cm³/mol. The van der Waals surface area contributed by atoms with E-state index in [4.69, 9.17) is 11.6 Å². The molecule has 2 aromatic heterocycles. The Labute approximate surface area is 200 Å². The largest absolute Gasteiger partial charge is 0.341 e. The summed E-state index contributed by atoms with van der Waals surface area (Å²) in [5, 5.41) is 4.61. The van der Waals surface area contributed by atoms with Crippen LogP contribution in [0.3, 0.4) is 0 Å². The zero-order valence-corrected chi connectivity index (χ0v) is 19.9. The highest BCUT2D eigenvalue weighted by Crippen LogP contribution is 2.23. The molecular weight excluding hydrogens is 458 g/mol. The van der Waals surface area contributed by atoms with Crippen molar-refractivity contribution in [3.63, 3.8) is 0 Å². The van der Waals surface area contributed by atoms with Crippen LogP contribution < -0.4 is 10.9 Å². The number of thioether (sulfide) groups is 1. The third-order valence-corrected chi connectivity index (χ3v) is 6.43. The van der Waals surface area contributed by atoms with Gasteiger partial charge in [-0.3, -0.25) is 14.2 Å². The highest BCUT2D eigenvalue weighted by atomic mass is 35.5. The van der Waals surface area contributed by atoms with E-state index in [-0.39, 0.29) is 23.3 Å². The molecule has 0 fully saturated rings. The van der Waals surface area contributed by atoms with Gasteiger partial charge in [0.1, 0.15) is 11.9 Å². The lowest BCUT2D eigenvalue weighted by atomic mass is 10.1. The van der Waals surface area contributed by atoms with E-state index in [1.54, 1.807) is 29.0 Å². The number of fused-ring (bicyclic) bond motifs is 1. The van der Waals surface area contributed by atoms with Crippen LogP contribution in [0.4, 0.5) is 0 Å². The summed E-state index contributed by atoms with van der Waals surface area (Å²) in [4.78, 5) is 35.0. The molecule has 0 radical (unpaired) electrons. The van der Waals surface area contributed by atoms with Crippen molar-refractivity contribution in [3.8, 4) is 0 Å². The molecule has 9 heteroatoms. The van der Waals surface area contributed by atoms with Crippen LogP contribution in [-0.4, -0.2) is 30.8 Å². The maximum Gasteiger partial charge on any atom is 0.262 e. The molecule has 0 spiro atoms. The van der Waals surface area contributed by atoms with Crippen LogP contribution >= 0.6 is 23.4 Å². The molecule has 2 aromatic carbocycles. The van der Waals surface area contributed by atoms with E-state index in [2.05, 4.69) is 15.3 Å². The maximum atomic E-state index is 13.0. The molecule has 0 saturated heterocycles. The fourth-order valence-corrected chi connectivity index (χ4v) is 4.64. The Morgan fingerprint density at radius 3 is 2.70 bits per heavy atom. The first-order valence-electron chi connectivity index (χ1n) is 10.6. The summed E-state index contributed by atoms with van der Waals surface area (Å²) in [6, 6.07) is 14.4. The van der Waals surface area contributed by atoms with E-state index in [1.807, 2.05) is 55.1 Å². The van der Waals surface area contributed by atoms with Crippen molar-refractivity contribution in [1.82, 2.24) is 24.4 Å². The standard InChI is InChI=1S/C24H24ClN5O2S/c1-3-12-30-23(32)18-10-9-17(25)14-19(18)27-24(30)33-15-20(31)28-21(16-7-5-4-6-8-16)22-26-11-13-29(22)2/h4-11,13-14,21H,3,12,15H2,1-2H3,(H,28,31). The molecule has 0 aliphatic carbocycles. The number of benzene rings is 2. The van der Waals surface area contributed by atoms with E-state index in [9.17, 15) is 9.59 Å². The summed E-state index contributed by atoms with van der Waals surface area (Å²) >= 11 is 7.34. The number of nitrogens with one attached hydrogen (secondary N) is 1. The van der Waals surface area contributed by atoms with Gasteiger partial charge in [0.05, 0.1) is 16.7 Å². The molecule has 1 amide bonds. The summed E-state index contributed by atoms with van der Waals surface area (Å²) in [7, 11) is 1.90. The van der Waals surface area contributed by atoms with Gasteiger partial charge in [-0.25, -0.2) is 9.97 Å². The zero-order valence-electron chi connectivity index (χ0n) is 18.4. The SMILES string of the molecule is CCCn1c(SCC(=O)NC(c2ccccc2)c2nccn2C)nc2cc(Cl)ccc2c1=O. The van der Waals surface area contributed by atoms with Crippen molar-refractivity contribution in [1.29, 1.82) is 0 Å². The predicted octanol–water partition coefficient (Wildman–Crippen LogP) is 4.19. The van der Waals surface area contributed by atoms with E-state index in [0.29, 0.717) is 27.6 Å². The summed E-state index contributed by atoms with van der Waals surface area (Å²) < 4.78 is 3.51. The van der Waals surface area contributed by atoms with Crippen molar-refractivity contribution in [3.05, 3.63) is 87.7 Å². The fourth-order valence-electron chi connectivity index (χ4n) is 3.64. The van der Waals surface area contributed by atoms with E-state index >= 15 is 0 Å². The Kier molecular flexibility index (Phi) is 7.15. The van der Waals surface area contributed by atoms with E-state index < -0.39 is 0 Å². The van der Waals surface area contributed by atoms with Crippen LogP contribution in [0.1, 0.15) is 30.8 Å². The van der Waals surface area contributed by atoms with Gasteiger partial charge in [-0.05, 0) is 30.2 Å². The molecule has 4 rings (SSSR count). The molecule has 4 aromatic rings. The lowest BCUT2D eigenvalue weighted by molar-refractivity contribution is -0.119. The Morgan fingerprint density at radius 1 is 1.21 bits per heavy atom. The Morgan fingerprint density at radius 2 is 2.00 bits per heavy atom. The van der Waals surface area contributed by atoms with Gasteiger partial charge in [0.2, 0.25) is 5.91 Å². The fraction of sp³-hybridized carbons (Fsp3) is 0.250. The normalized spacial score (nSPS) is 12.1. The van der Waals surface area contributed by atoms with Crippen molar-refractivity contribution in [2.75, 3.05) is 5.75 Å². The molecule has 0 saturated carbocycles. The number of nitrogens with zero attached hydrogens (tertiary/aromatic N) is 4. The number of carbonyl (C=O) groups is 1. The lowest BCUT2D eigenvalue weighted by Gasteiger charge is -2.19. The molecule has 1 N–H and O–H groups in total. The average molecular weight is 482 g/mol. The van der Waals surface area contributed by atoms with Crippen molar-refractivity contribution in [2.24, 2.45) is 7.05 Å². The lowest BCUT2D eigenvalue weighted by Crippen LogP contribution is -2.32. The molecule has 0 aliphatic heterocycles. The number of carbonyl (C=O) groups excluding carboxylic acids is 1. The third-order valence-electron chi connectivity index (χ3n) is 5.22. The number of rotatable bonds is 8. The van der Waals surface area contributed by atoms with Crippen molar-refractivity contribution in [2.45, 2.75) is 31.1 Å². The smallest absolute Gasteiger partial charge is 0.262 e. The monoisotopic (exact) mass is 481 g/mol. The maximum absolute atomic E-state index is 13.0. The number of aryl methyl sites for hydroxylation is 1. The molecule has 170 valence electrons. The van der Waals surface area contributed by atoms with Crippen LogP contribution in [0.25, 0.3) is 10.9 Å². The van der Waals surface area contributed by atoms with Gasteiger partial charge in [0.15, 0.2) is 5.16 Å². The van der Waals surface area contributed by atoms with E-state index in [0.717, 1.165) is 17.8 Å². The topological polar surface area (TPSA) is 81.8 Å². The second-order valence-corrected chi connectivity index (χ2v) is 8.99. The molecule has 7 nitrogen and oxygen atoms in total. The van der Waals surface area contributed by atoms with Crippen molar-refractivity contribution >= 4 is 40.2 Å². The van der Waals surface area contributed by atoms with Gasteiger partial charge in [0, 0.05) is 31.0 Å². The molecule has 0 aliphatic rings. The number of amides is 1. The van der Waals surface area contributed by atoms with Gasteiger partial charge in [-0.15, -0.1) is 0 Å². The van der Waals surface area contributed by atoms with Gasteiger partial charge in [0.25, 0.3) is 5.56 Å². The van der Waals surface area contributed by atoms with Gasteiger partial charge in [-0.2, -0.15) is 0 Å². The highest BCUT2D eigenvalue weighted by Gasteiger charge is 2.21. The molecular formula is C24H24ClN5O2S. The van der Waals surface area contributed by atoms with Crippen LogP contribution in [0.2, 0.25) is 5.02 Å². The van der Waals surface area contributed by atoms with Crippen molar-refractivity contribution < 1.29 is 4.79 Å². The van der Waals surface area contributed by atoms with Crippen LogP contribution in [-0.2, 0) is 18.4 Å². The first-order chi connectivity index (χ1) is 16.0. The quantitative estimate of drug-likeness (QED) is 0.301. The summed E-state index contributed by atoms with van der Waals surface area (Å²) in [6.07, 6.45) is 4.33. The molecule has 33 heavy (non-hydrogen) atoms. The van der Waals surface area contributed by atoms with Gasteiger partial charge < -0.3 is 9.88 Å². The first kappa shape index (κ1) is 23.1. The summed E-state index contributed by atoms with van der Waals surface area (Å²) in [6.45, 7) is 2.52. The highest BCUT2D eigenvalue weighted by molar-refractivity contribution is 7.99. The number of halogens is 1. The van der Waals surface area contributed by atoms with Crippen LogP contribution in [0.5, 0.6) is 0 Å². The summed E-state index contributed by atoms with van der Waals surface area (Å²) in [5.41, 5.74) is 1.33. The number of aromatic nitrogens is 4. The number of hydrogen-bond donors (Lipinski definition) is 1. The minimum atomic E-state index is -0.388. The van der Waals surface area contributed by atoms with Crippen LogP contribution in [0, 0.1) is 0 Å². The Bertz CT molecular complexity index is 1340. The van der Waals surface area contributed by atoms with Gasteiger partial charge >= 0.3 is 0 Å². The first-order valence-corrected chi connectivity index (χ1v) is 12.0. The number of hydrogen-bond acceptors (Lipinski definition) is 5.